The molecule has 0 aliphatic carbocycles. The van der Waals surface area contributed by atoms with Crippen LogP contribution in [0, 0.1) is 24.3 Å². The number of methoxy groups -OCH3 is 1. The molecule has 382 valence electrons. The first-order valence-corrected chi connectivity index (χ1v) is 25.0. The highest BCUT2D eigenvalue weighted by atomic mass is 16.6. The van der Waals surface area contributed by atoms with Crippen LogP contribution < -0.4 is 23.7 Å². The molecule has 0 bridgehead atoms. The summed E-state index contributed by atoms with van der Waals surface area (Å²) in [4.78, 5) is 67.3. The number of nitrogens with zero attached hydrogens (tertiary/aromatic N) is 1. The fraction of sp³-hybridized carbons (Fsp3) is 0.474. The molecular weight excluding hydrogens is 907 g/mol. The zero-order chi connectivity index (χ0) is 51.1. The third-order valence-electron chi connectivity index (χ3n) is 11.7. The first kappa shape index (κ1) is 56.7. The van der Waals surface area contributed by atoms with Crippen molar-refractivity contribution in [2.24, 2.45) is 17.8 Å². The van der Waals surface area contributed by atoms with Gasteiger partial charge in [-0.15, -0.1) is 0 Å². The smallest absolute Gasteiger partial charge is 0.343 e. The molecule has 14 heteroatoms. The maximum absolute atomic E-state index is 13.4. The van der Waals surface area contributed by atoms with Gasteiger partial charge in [0.1, 0.15) is 28.7 Å². The molecule has 3 unspecified atom stereocenters. The molecule has 0 aliphatic heterocycles. The zero-order valence-electron chi connectivity index (χ0n) is 41.9. The zero-order valence-corrected chi connectivity index (χ0v) is 41.9. The molecule has 14 nitrogen and oxygen atoms in total. The molecule has 71 heavy (non-hydrogen) atoms. The Kier molecular flexibility index (Phi) is 26.2. The molecule has 4 aromatic carbocycles. The second-order valence-electron chi connectivity index (χ2n) is 17.4. The van der Waals surface area contributed by atoms with Gasteiger partial charge in [-0.1, -0.05) is 52.2 Å². The summed E-state index contributed by atoms with van der Waals surface area (Å²) in [5, 5.41) is 0. The van der Waals surface area contributed by atoms with E-state index >= 15 is 0 Å². The summed E-state index contributed by atoms with van der Waals surface area (Å²) in [6.45, 7) is 14.9. The predicted molar refractivity (Wildman–Crippen MR) is 269 cm³/mol. The molecule has 4 aromatic rings. The van der Waals surface area contributed by atoms with Crippen LogP contribution in [0.3, 0.4) is 0 Å². The highest BCUT2D eigenvalue weighted by molar-refractivity contribution is 5.91. The quantitative estimate of drug-likeness (QED) is 0.0143. The van der Waals surface area contributed by atoms with Crippen molar-refractivity contribution in [3.05, 3.63) is 120 Å². The van der Waals surface area contributed by atoms with Crippen LogP contribution in [0.15, 0.2) is 97.1 Å². The number of esters is 5. The lowest BCUT2D eigenvalue weighted by Gasteiger charge is -2.22. The number of carbonyl (C=O) groups is 5. The molecule has 4 rings (SSSR count). The van der Waals surface area contributed by atoms with Gasteiger partial charge in [0.05, 0.1) is 75.6 Å². The molecule has 0 fully saturated rings. The number of hydrogen-bond acceptors (Lipinski definition) is 13. The van der Waals surface area contributed by atoms with Gasteiger partial charge in [0, 0.05) is 0 Å². The largest absolute Gasteiger partial charge is 0.494 e. The molecule has 0 spiro atoms. The van der Waals surface area contributed by atoms with Gasteiger partial charge in [0.25, 0.3) is 0 Å². The lowest BCUT2D eigenvalue weighted by molar-refractivity contribution is -0.154. The first-order chi connectivity index (χ1) is 34.5. The molecule has 0 saturated carbocycles. The molecule has 0 amide bonds. The fourth-order valence-corrected chi connectivity index (χ4v) is 7.48. The summed E-state index contributed by atoms with van der Waals surface area (Å²) >= 11 is 0. The van der Waals surface area contributed by atoms with Crippen LogP contribution in [-0.2, 0) is 28.6 Å². The minimum absolute atomic E-state index is 0.192. The Labute approximate surface area is 419 Å². The van der Waals surface area contributed by atoms with E-state index in [1.54, 1.807) is 104 Å². The molecule has 0 aliphatic rings. The summed E-state index contributed by atoms with van der Waals surface area (Å²) in [7, 11) is 1.31. The van der Waals surface area contributed by atoms with Crippen LogP contribution in [0.5, 0.6) is 28.7 Å². The number of rotatable bonds is 34. The number of benzene rings is 4. The minimum Gasteiger partial charge on any atom is -0.494 e. The molecule has 0 saturated heterocycles. The van der Waals surface area contributed by atoms with Crippen molar-refractivity contribution < 1.29 is 61.9 Å². The summed E-state index contributed by atoms with van der Waals surface area (Å²) in [5.41, 5.74) is 1.25. The molecule has 3 atom stereocenters. The van der Waals surface area contributed by atoms with E-state index in [0.717, 1.165) is 57.1 Å². The highest BCUT2D eigenvalue weighted by Crippen LogP contribution is 2.27. The Morgan fingerprint density at radius 1 is 0.465 bits per heavy atom. The molecule has 0 aromatic heterocycles. The van der Waals surface area contributed by atoms with Gasteiger partial charge in [-0.3, -0.25) is 14.4 Å². The van der Waals surface area contributed by atoms with Gasteiger partial charge < -0.3 is 37.9 Å². The summed E-state index contributed by atoms with van der Waals surface area (Å²) in [6, 6.07) is 26.9. The van der Waals surface area contributed by atoms with Crippen molar-refractivity contribution in [1.29, 1.82) is 0 Å². The second kappa shape index (κ2) is 32.8. The Morgan fingerprint density at radius 2 is 0.845 bits per heavy atom. The molecule has 0 heterocycles. The maximum Gasteiger partial charge on any atom is 0.343 e. The number of hydrogen-bond donors (Lipinski definition) is 0. The minimum atomic E-state index is -0.681. The highest BCUT2D eigenvalue weighted by Gasteiger charge is 2.31. The van der Waals surface area contributed by atoms with Crippen molar-refractivity contribution in [3.8, 4) is 28.7 Å². The maximum atomic E-state index is 13.4. The van der Waals surface area contributed by atoms with Gasteiger partial charge in [-0.2, -0.15) is 0 Å². The summed E-state index contributed by atoms with van der Waals surface area (Å²) in [6.07, 6.45) is 11.6. The predicted octanol–water partition coefficient (Wildman–Crippen LogP) is 12.5. The third kappa shape index (κ3) is 21.8. The first-order valence-electron chi connectivity index (χ1n) is 25.0. The van der Waals surface area contributed by atoms with Crippen LogP contribution in [0.2, 0.25) is 0 Å². The van der Waals surface area contributed by atoms with Gasteiger partial charge >= 0.3 is 29.8 Å². The second-order valence-corrected chi connectivity index (χ2v) is 17.4. The van der Waals surface area contributed by atoms with Crippen molar-refractivity contribution in [1.82, 2.24) is 0 Å². The third-order valence-corrected chi connectivity index (χ3v) is 11.7. The van der Waals surface area contributed by atoms with Crippen LogP contribution in [0.25, 0.3) is 4.85 Å². The molecule has 0 N–H and O–H groups in total. The number of carbonyl (C=O) groups excluding carboxylic acids is 5. The Morgan fingerprint density at radius 3 is 1.25 bits per heavy atom. The lowest BCUT2D eigenvalue weighted by Crippen LogP contribution is -2.29. The standard InChI is InChI=1S/C57H71NO13/c1-6-8-9-14-35-67-50-31-33-52(34-32-50)71-57(63)45-21-27-49(28-22-45)66-37-16-11-13-18-39-69-55(61)46(40-42(3)53(59)64-5)41-43(7-2)54(60)68-38-17-12-10-15-36-65-48-25-19-44(20-26-48)56(62)70-51-29-23-47(58-4)24-30-51/h19-34,42-43,46H,6-18,35-41H2,1-3,5H3. The number of ether oxygens (including phenoxy) is 8. The van der Waals surface area contributed by atoms with E-state index in [9.17, 15) is 24.0 Å². The van der Waals surface area contributed by atoms with E-state index in [2.05, 4.69) is 11.8 Å². The van der Waals surface area contributed by atoms with E-state index in [0.29, 0.717) is 78.9 Å². The van der Waals surface area contributed by atoms with Crippen LogP contribution in [0.4, 0.5) is 5.69 Å². The normalized spacial score (nSPS) is 12.0. The van der Waals surface area contributed by atoms with Crippen LogP contribution in [0.1, 0.15) is 138 Å². The Hall–Kier alpha value is -6.88. The SMILES string of the molecule is [C-]#[N+]c1ccc(OC(=O)c2ccc(OCCCCCCOC(=O)C(CC)CC(CC(C)C(=O)OC)C(=O)OCCCCCCOc3ccc(C(=O)Oc4ccc(OCCCCCC)cc4)cc3)cc2)cc1. The van der Waals surface area contributed by atoms with Crippen molar-refractivity contribution >= 4 is 35.5 Å². The van der Waals surface area contributed by atoms with Gasteiger partial charge in [-0.25, -0.2) is 14.4 Å². The number of unbranched alkanes of at least 4 members (excludes halogenated alkanes) is 9. The summed E-state index contributed by atoms with van der Waals surface area (Å²) < 4.78 is 44.6. The Bertz CT molecular complexity index is 2240. The lowest BCUT2D eigenvalue weighted by atomic mass is 9.86. The Balaban J connectivity index is 1.07. The van der Waals surface area contributed by atoms with E-state index in [-0.39, 0.29) is 32.0 Å². The molecule has 0 radical (unpaired) electrons. The van der Waals surface area contributed by atoms with Crippen molar-refractivity contribution in [2.45, 2.75) is 117 Å². The topological polar surface area (TPSA) is 164 Å². The van der Waals surface area contributed by atoms with Crippen LogP contribution >= 0.6 is 0 Å². The van der Waals surface area contributed by atoms with Crippen molar-refractivity contribution in [3.63, 3.8) is 0 Å². The van der Waals surface area contributed by atoms with E-state index < -0.39 is 41.6 Å². The average molecular weight is 978 g/mol. The van der Waals surface area contributed by atoms with Gasteiger partial charge in [0.15, 0.2) is 5.69 Å². The van der Waals surface area contributed by atoms with E-state index in [1.807, 2.05) is 6.92 Å². The fourth-order valence-electron chi connectivity index (χ4n) is 7.48. The van der Waals surface area contributed by atoms with E-state index in [4.69, 9.17) is 44.5 Å². The van der Waals surface area contributed by atoms with Gasteiger partial charge in [-0.05, 0) is 162 Å². The van der Waals surface area contributed by atoms with Gasteiger partial charge in [0.2, 0.25) is 0 Å². The van der Waals surface area contributed by atoms with Crippen molar-refractivity contribution in [2.75, 3.05) is 40.1 Å². The summed E-state index contributed by atoms with van der Waals surface area (Å²) in [5.74, 6) is -1.18. The van der Waals surface area contributed by atoms with E-state index in [1.165, 1.54) is 20.0 Å². The molecular formula is C57H71NO13. The monoisotopic (exact) mass is 977 g/mol. The van der Waals surface area contributed by atoms with Crippen LogP contribution in [-0.4, -0.2) is 70.0 Å². The average Bonchev–Trinajstić information content (AvgIpc) is 3.39.